The largest absolute Gasteiger partial charge is 0.381 e. The maximum atomic E-state index is 5.43. The molecule has 0 aromatic rings. The Kier molecular flexibility index (Phi) is 4.22. The Balaban J connectivity index is 1.46. The van der Waals surface area contributed by atoms with E-state index in [1.165, 1.54) is 51.5 Å². The van der Waals surface area contributed by atoms with Gasteiger partial charge in [0.15, 0.2) is 0 Å². The predicted octanol–water partition coefficient (Wildman–Crippen LogP) is 2.02. The lowest BCUT2D eigenvalue weighted by Gasteiger charge is -2.47. The lowest BCUT2D eigenvalue weighted by Crippen LogP contribution is -2.55. The average Bonchev–Trinajstić information content (AvgIpc) is 2.38. The Bertz CT molecular complexity index is 251. The first-order valence-electron chi connectivity index (χ1n) is 7.86. The molecular formula is C15H28N2O. The van der Waals surface area contributed by atoms with E-state index in [-0.39, 0.29) is 0 Å². The number of rotatable bonds is 3. The third-order valence-corrected chi connectivity index (χ3v) is 5.38. The fourth-order valence-corrected chi connectivity index (χ4v) is 4.07. The Morgan fingerprint density at radius 2 is 1.72 bits per heavy atom. The summed E-state index contributed by atoms with van der Waals surface area (Å²) in [6, 6.07) is 2.48. The molecule has 0 radical (unpaired) electrons. The summed E-state index contributed by atoms with van der Waals surface area (Å²) in [6.07, 6.45) is 9.54. The number of nitrogens with one attached hydrogen (secondary N) is 1. The number of hydrogen-bond acceptors (Lipinski definition) is 3. The van der Waals surface area contributed by atoms with Crippen LogP contribution in [0.5, 0.6) is 0 Å². The second-order valence-corrected chi connectivity index (χ2v) is 6.54. The zero-order valence-electron chi connectivity index (χ0n) is 11.7. The number of ether oxygens (including phenoxy) is 1. The van der Waals surface area contributed by atoms with Crippen LogP contribution in [0.4, 0.5) is 0 Å². The van der Waals surface area contributed by atoms with Crippen molar-refractivity contribution in [1.29, 1.82) is 0 Å². The van der Waals surface area contributed by atoms with Crippen molar-refractivity contribution in [2.45, 2.75) is 63.1 Å². The van der Waals surface area contributed by atoms with E-state index >= 15 is 0 Å². The summed E-state index contributed by atoms with van der Waals surface area (Å²) in [5.74, 6) is 0.859. The third kappa shape index (κ3) is 2.89. The summed E-state index contributed by atoms with van der Waals surface area (Å²) in [7, 11) is 2.34. The molecule has 3 saturated heterocycles. The molecular weight excluding hydrogens is 224 g/mol. The van der Waals surface area contributed by atoms with E-state index in [9.17, 15) is 0 Å². The van der Waals surface area contributed by atoms with Crippen LogP contribution >= 0.6 is 0 Å². The average molecular weight is 252 g/mol. The van der Waals surface area contributed by atoms with Gasteiger partial charge in [-0.1, -0.05) is 6.42 Å². The first-order valence-corrected chi connectivity index (χ1v) is 7.86. The molecule has 1 N–H and O–H groups in total. The highest BCUT2D eigenvalue weighted by atomic mass is 16.5. The zero-order chi connectivity index (χ0) is 12.4. The first-order chi connectivity index (χ1) is 8.83. The Morgan fingerprint density at radius 3 is 2.39 bits per heavy atom. The van der Waals surface area contributed by atoms with E-state index in [0.717, 1.165) is 37.3 Å². The zero-order valence-corrected chi connectivity index (χ0v) is 11.7. The lowest BCUT2D eigenvalue weighted by molar-refractivity contribution is 0.0408. The quantitative estimate of drug-likeness (QED) is 0.831. The topological polar surface area (TPSA) is 24.5 Å². The van der Waals surface area contributed by atoms with Crippen LogP contribution < -0.4 is 5.32 Å². The molecule has 104 valence electrons. The molecule has 0 saturated carbocycles. The molecule has 18 heavy (non-hydrogen) atoms. The normalized spacial score (nSPS) is 38.8. The SMILES string of the molecule is CN1C2CCCC1CC(NCC1CCOCC1)C2. The summed E-state index contributed by atoms with van der Waals surface area (Å²) < 4.78 is 5.43. The van der Waals surface area contributed by atoms with Crippen molar-refractivity contribution in [1.82, 2.24) is 10.2 Å². The molecule has 0 aromatic carbocycles. The highest BCUT2D eigenvalue weighted by molar-refractivity contribution is 4.93. The van der Waals surface area contributed by atoms with Gasteiger partial charge in [-0.3, -0.25) is 0 Å². The van der Waals surface area contributed by atoms with E-state index < -0.39 is 0 Å². The van der Waals surface area contributed by atoms with Crippen molar-refractivity contribution >= 4 is 0 Å². The van der Waals surface area contributed by atoms with Gasteiger partial charge in [0.05, 0.1) is 0 Å². The maximum absolute atomic E-state index is 5.43. The van der Waals surface area contributed by atoms with Crippen LogP contribution in [-0.4, -0.2) is 49.8 Å². The van der Waals surface area contributed by atoms with Crippen molar-refractivity contribution < 1.29 is 4.74 Å². The minimum Gasteiger partial charge on any atom is -0.381 e. The maximum Gasteiger partial charge on any atom is 0.0469 e. The number of hydrogen-bond donors (Lipinski definition) is 1. The summed E-state index contributed by atoms with van der Waals surface area (Å²) in [5.41, 5.74) is 0. The van der Waals surface area contributed by atoms with Crippen LogP contribution in [0.25, 0.3) is 0 Å². The van der Waals surface area contributed by atoms with Gasteiger partial charge in [0.2, 0.25) is 0 Å². The standard InChI is InChI=1S/C15H28N2O/c1-17-14-3-2-4-15(17)10-13(9-14)16-11-12-5-7-18-8-6-12/h12-16H,2-11H2,1H3. The minimum atomic E-state index is 0.777. The highest BCUT2D eigenvalue weighted by Gasteiger charge is 2.35. The van der Waals surface area contributed by atoms with Gasteiger partial charge in [0.25, 0.3) is 0 Å². The van der Waals surface area contributed by atoms with Gasteiger partial charge in [-0.25, -0.2) is 0 Å². The Hall–Kier alpha value is -0.120. The molecule has 3 fully saturated rings. The number of fused-ring (bicyclic) bond motifs is 2. The van der Waals surface area contributed by atoms with Gasteiger partial charge in [0, 0.05) is 31.3 Å². The molecule has 0 amide bonds. The molecule has 3 heterocycles. The van der Waals surface area contributed by atoms with Gasteiger partial charge >= 0.3 is 0 Å². The second-order valence-electron chi connectivity index (χ2n) is 6.54. The van der Waals surface area contributed by atoms with Crippen molar-refractivity contribution in [2.75, 3.05) is 26.8 Å². The highest BCUT2D eigenvalue weighted by Crippen LogP contribution is 2.32. The van der Waals surface area contributed by atoms with E-state index in [4.69, 9.17) is 4.74 Å². The summed E-state index contributed by atoms with van der Waals surface area (Å²) in [6.45, 7) is 3.17. The van der Waals surface area contributed by atoms with Crippen molar-refractivity contribution in [3.8, 4) is 0 Å². The van der Waals surface area contributed by atoms with Crippen LogP contribution in [0.3, 0.4) is 0 Å². The van der Waals surface area contributed by atoms with Crippen LogP contribution in [-0.2, 0) is 4.74 Å². The lowest BCUT2D eigenvalue weighted by atomic mass is 9.82. The Labute approximate surface area is 111 Å². The molecule has 3 heteroatoms. The molecule has 2 bridgehead atoms. The fraction of sp³-hybridized carbons (Fsp3) is 1.00. The van der Waals surface area contributed by atoms with Crippen molar-refractivity contribution in [3.05, 3.63) is 0 Å². The van der Waals surface area contributed by atoms with Crippen LogP contribution in [0.1, 0.15) is 44.9 Å². The predicted molar refractivity (Wildman–Crippen MR) is 73.8 cm³/mol. The molecule has 0 spiro atoms. The third-order valence-electron chi connectivity index (χ3n) is 5.38. The summed E-state index contributed by atoms with van der Waals surface area (Å²) >= 11 is 0. The van der Waals surface area contributed by atoms with E-state index in [2.05, 4.69) is 17.3 Å². The van der Waals surface area contributed by atoms with E-state index in [1.807, 2.05) is 0 Å². The van der Waals surface area contributed by atoms with Crippen molar-refractivity contribution in [3.63, 3.8) is 0 Å². The van der Waals surface area contributed by atoms with E-state index in [1.54, 1.807) is 0 Å². The van der Waals surface area contributed by atoms with Crippen LogP contribution in [0.15, 0.2) is 0 Å². The summed E-state index contributed by atoms with van der Waals surface area (Å²) in [4.78, 5) is 2.65. The number of piperidine rings is 2. The van der Waals surface area contributed by atoms with Crippen LogP contribution in [0.2, 0.25) is 0 Å². The van der Waals surface area contributed by atoms with Gasteiger partial charge in [-0.2, -0.15) is 0 Å². The smallest absolute Gasteiger partial charge is 0.0469 e. The molecule has 3 nitrogen and oxygen atoms in total. The van der Waals surface area contributed by atoms with E-state index in [0.29, 0.717) is 0 Å². The monoisotopic (exact) mass is 252 g/mol. The molecule has 2 unspecified atom stereocenters. The molecule has 0 aromatic heterocycles. The molecule has 2 atom stereocenters. The van der Waals surface area contributed by atoms with Crippen molar-refractivity contribution in [2.24, 2.45) is 5.92 Å². The minimum absolute atomic E-state index is 0.777. The molecule has 3 aliphatic rings. The first kappa shape index (κ1) is 12.9. The Morgan fingerprint density at radius 1 is 1.06 bits per heavy atom. The fourth-order valence-electron chi connectivity index (χ4n) is 4.07. The molecule has 0 aliphatic carbocycles. The molecule has 3 rings (SSSR count). The van der Waals surface area contributed by atoms with Crippen LogP contribution in [0, 0.1) is 5.92 Å². The number of nitrogens with zero attached hydrogens (tertiary/aromatic N) is 1. The van der Waals surface area contributed by atoms with Gasteiger partial charge in [0.1, 0.15) is 0 Å². The van der Waals surface area contributed by atoms with Gasteiger partial charge < -0.3 is 15.0 Å². The summed E-state index contributed by atoms with van der Waals surface area (Å²) in [5, 5.41) is 3.86. The second kappa shape index (κ2) is 5.89. The molecule has 3 aliphatic heterocycles. The van der Waals surface area contributed by atoms with Gasteiger partial charge in [-0.15, -0.1) is 0 Å². The van der Waals surface area contributed by atoms with Gasteiger partial charge in [-0.05, 0) is 58.0 Å².